The molecule has 2 aromatic rings. The first kappa shape index (κ1) is 10.6. The Kier molecular flexibility index (Phi) is 2.38. The number of carbonyl (C=O) groups is 1. The first-order valence-electron chi connectivity index (χ1n) is 5.11. The standard InChI is InChI=1S/C13H13NO2/c1-7-4-8(2)12-9(3)6-11(13(15)16)14-10(12)5-7/h4-6H,1-3H3,(H,15,16). The maximum absolute atomic E-state index is 10.9. The summed E-state index contributed by atoms with van der Waals surface area (Å²) in [5.41, 5.74) is 4.06. The summed E-state index contributed by atoms with van der Waals surface area (Å²) in [4.78, 5) is 15.1. The number of aromatic nitrogens is 1. The van der Waals surface area contributed by atoms with Gasteiger partial charge in [0.2, 0.25) is 0 Å². The van der Waals surface area contributed by atoms with Crippen molar-refractivity contribution in [2.24, 2.45) is 0 Å². The van der Waals surface area contributed by atoms with Crippen LogP contribution in [0.3, 0.4) is 0 Å². The SMILES string of the molecule is Cc1cc(C)c2c(C)cc(C(=O)O)nc2c1. The van der Waals surface area contributed by atoms with Gasteiger partial charge in [0.1, 0.15) is 5.69 Å². The van der Waals surface area contributed by atoms with Gasteiger partial charge in [0, 0.05) is 5.39 Å². The minimum absolute atomic E-state index is 0.106. The number of pyridine rings is 1. The summed E-state index contributed by atoms with van der Waals surface area (Å²) in [5.74, 6) is -0.982. The molecule has 0 aliphatic heterocycles. The van der Waals surface area contributed by atoms with Crippen molar-refractivity contribution in [3.05, 3.63) is 40.6 Å². The van der Waals surface area contributed by atoms with Crippen LogP contribution in [0.25, 0.3) is 10.9 Å². The van der Waals surface area contributed by atoms with Gasteiger partial charge in [-0.3, -0.25) is 0 Å². The first-order chi connectivity index (χ1) is 7.49. The monoisotopic (exact) mass is 215 g/mol. The Balaban J connectivity index is 2.87. The maximum atomic E-state index is 10.9. The van der Waals surface area contributed by atoms with Gasteiger partial charge in [0.15, 0.2) is 0 Å². The van der Waals surface area contributed by atoms with Crippen LogP contribution in [0.1, 0.15) is 27.2 Å². The van der Waals surface area contributed by atoms with Crippen LogP contribution in [0.4, 0.5) is 0 Å². The molecule has 0 unspecified atom stereocenters. The molecule has 0 bridgehead atoms. The van der Waals surface area contributed by atoms with Gasteiger partial charge < -0.3 is 5.11 Å². The van der Waals surface area contributed by atoms with Crippen molar-refractivity contribution in [2.45, 2.75) is 20.8 Å². The number of benzene rings is 1. The van der Waals surface area contributed by atoms with Gasteiger partial charge in [-0.05, 0) is 49.6 Å². The number of carboxylic acids is 1. The third-order valence-corrected chi connectivity index (χ3v) is 2.67. The number of carboxylic acid groups (broad SMARTS) is 1. The summed E-state index contributed by atoms with van der Waals surface area (Å²) in [6.07, 6.45) is 0. The van der Waals surface area contributed by atoms with E-state index in [-0.39, 0.29) is 5.69 Å². The van der Waals surface area contributed by atoms with Gasteiger partial charge in [0.25, 0.3) is 0 Å². The van der Waals surface area contributed by atoms with Crippen molar-refractivity contribution in [2.75, 3.05) is 0 Å². The van der Waals surface area contributed by atoms with Crippen molar-refractivity contribution in [3.63, 3.8) is 0 Å². The fourth-order valence-electron chi connectivity index (χ4n) is 2.10. The minimum Gasteiger partial charge on any atom is -0.477 e. The van der Waals surface area contributed by atoms with Crippen LogP contribution in [-0.4, -0.2) is 16.1 Å². The van der Waals surface area contributed by atoms with Gasteiger partial charge in [-0.1, -0.05) is 6.07 Å². The smallest absolute Gasteiger partial charge is 0.354 e. The fourth-order valence-corrected chi connectivity index (χ4v) is 2.10. The Hall–Kier alpha value is -1.90. The normalized spacial score (nSPS) is 10.7. The van der Waals surface area contributed by atoms with Gasteiger partial charge in [-0.15, -0.1) is 0 Å². The average Bonchev–Trinajstić information content (AvgIpc) is 2.15. The molecule has 0 fully saturated rings. The van der Waals surface area contributed by atoms with Gasteiger partial charge >= 0.3 is 5.97 Å². The lowest BCUT2D eigenvalue weighted by Crippen LogP contribution is -2.02. The predicted molar refractivity (Wildman–Crippen MR) is 62.9 cm³/mol. The molecule has 0 spiro atoms. The van der Waals surface area contributed by atoms with Crippen molar-refractivity contribution in [1.82, 2.24) is 4.98 Å². The van der Waals surface area contributed by atoms with E-state index in [9.17, 15) is 4.79 Å². The van der Waals surface area contributed by atoms with E-state index in [0.29, 0.717) is 0 Å². The second kappa shape index (κ2) is 3.59. The molecule has 3 heteroatoms. The molecule has 0 atom stereocenters. The molecule has 0 aliphatic rings. The van der Waals surface area contributed by atoms with Crippen LogP contribution >= 0.6 is 0 Å². The molecule has 82 valence electrons. The molecule has 0 aliphatic carbocycles. The molecule has 16 heavy (non-hydrogen) atoms. The highest BCUT2D eigenvalue weighted by atomic mass is 16.4. The Morgan fingerprint density at radius 1 is 1.12 bits per heavy atom. The number of fused-ring (bicyclic) bond motifs is 1. The summed E-state index contributed by atoms with van der Waals surface area (Å²) in [7, 11) is 0. The van der Waals surface area contributed by atoms with Gasteiger partial charge in [-0.25, -0.2) is 9.78 Å². The Morgan fingerprint density at radius 2 is 1.75 bits per heavy atom. The number of nitrogens with zero attached hydrogens (tertiary/aromatic N) is 1. The molecule has 1 heterocycles. The second-order valence-electron chi connectivity index (χ2n) is 4.11. The van der Waals surface area contributed by atoms with Crippen molar-refractivity contribution < 1.29 is 9.90 Å². The van der Waals surface area contributed by atoms with Crippen molar-refractivity contribution in [3.8, 4) is 0 Å². The summed E-state index contributed by atoms with van der Waals surface area (Å²) in [5, 5.41) is 10.00. The summed E-state index contributed by atoms with van der Waals surface area (Å²) in [6, 6.07) is 5.62. The van der Waals surface area contributed by atoms with Crippen molar-refractivity contribution >= 4 is 16.9 Å². The molecule has 1 aromatic carbocycles. The highest BCUT2D eigenvalue weighted by molar-refractivity contribution is 5.92. The predicted octanol–water partition coefficient (Wildman–Crippen LogP) is 2.86. The lowest BCUT2D eigenvalue weighted by atomic mass is 10.0. The number of hydrogen-bond donors (Lipinski definition) is 1. The van der Waals surface area contributed by atoms with E-state index in [0.717, 1.165) is 27.6 Å². The summed E-state index contributed by atoms with van der Waals surface area (Å²) in [6.45, 7) is 5.92. The number of aryl methyl sites for hydroxylation is 3. The third kappa shape index (κ3) is 1.65. The van der Waals surface area contributed by atoms with E-state index >= 15 is 0 Å². The highest BCUT2D eigenvalue weighted by Crippen LogP contribution is 2.23. The minimum atomic E-state index is -0.982. The Morgan fingerprint density at radius 3 is 2.38 bits per heavy atom. The number of hydrogen-bond acceptors (Lipinski definition) is 2. The Labute approximate surface area is 93.7 Å². The zero-order valence-electron chi connectivity index (χ0n) is 9.53. The maximum Gasteiger partial charge on any atom is 0.354 e. The number of rotatable bonds is 1. The van der Waals surface area contributed by atoms with E-state index < -0.39 is 5.97 Å². The van der Waals surface area contributed by atoms with Crippen LogP contribution in [0.5, 0.6) is 0 Å². The molecular weight excluding hydrogens is 202 g/mol. The topological polar surface area (TPSA) is 50.2 Å². The molecular formula is C13H13NO2. The largest absolute Gasteiger partial charge is 0.477 e. The van der Waals surface area contributed by atoms with Crippen molar-refractivity contribution in [1.29, 1.82) is 0 Å². The molecule has 2 rings (SSSR count). The van der Waals surface area contributed by atoms with Crippen LogP contribution in [-0.2, 0) is 0 Å². The lowest BCUT2D eigenvalue weighted by Gasteiger charge is -2.08. The zero-order chi connectivity index (χ0) is 11.9. The molecule has 3 nitrogen and oxygen atoms in total. The zero-order valence-corrected chi connectivity index (χ0v) is 9.53. The van der Waals surface area contributed by atoms with E-state index in [2.05, 4.69) is 11.1 Å². The van der Waals surface area contributed by atoms with E-state index in [1.165, 1.54) is 0 Å². The average molecular weight is 215 g/mol. The Bertz CT molecular complexity index is 588. The fraction of sp³-hybridized carbons (Fsp3) is 0.231. The molecule has 0 saturated carbocycles. The van der Waals surface area contributed by atoms with Crippen LogP contribution in [0.15, 0.2) is 18.2 Å². The third-order valence-electron chi connectivity index (χ3n) is 2.67. The molecule has 0 amide bonds. The van der Waals surface area contributed by atoms with E-state index in [1.807, 2.05) is 26.8 Å². The van der Waals surface area contributed by atoms with Gasteiger partial charge in [0.05, 0.1) is 5.52 Å². The number of aromatic carboxylic acids is 1. The molecule has 0 radical (unpaired) electrons. The van der Waals surface area contributed by atoms with Crippen LogP contribution < -0.4 is 0 Å². The highest BCUT2D eigenvalue weighted by Gasteiger charge is 2.10. The van der Waals surface area contributed by atoms with Crippen LogP contribution in [0, 0.1) is 20.8 Å². The van der Waals surface area contributed by atoms with Crippen LogP contribution in [0.2, 0.25) is 0 Å². The molecule has 1 aromatic heterocycles. The first-order valence-corrected chi connectivity index (χ1v) is 5.11. The molecule has 1 N–H and O–H groups in total. The quantitative estimate of drug-likeness (QED) is 0.795. The summed E-state index contributed by atoms with van der Waals surface area (Å²) >= 11 is 0. The lowest BCUT2D eigenvalue weighted by molar-refractivity contribution is 0.0691. The van der Waals surface area contributed by atoms with Gasteiger partial charge in [-0.2, -0.15) is 0 Å². The van der Waals surface area contributed by atoms with E-state index in [1.54, 1.807) is 6.07 Å². The molecule has 0 saturated heterocycles. The summed E-state index contributed by atoms with van der Waals surface area (Å²) < 4.78 is 0. The van der Waals surface area contributed by atoms with E-state index in [4.69, 9.17) is 5.11 Å². The second-order valence-corrected chi connectivity index (χ2v) is 4.11.